The lowest BCUT2D eigenvalue weighted by Crippen LogP contribution is -2.22. The number of Topliss-reactive ketones (excluding diaryl/α,β-unsaturated/α-hetero) is 2. The van der Waals surface area contributed by atoms with Crippen LogP contribution in [-0.2, 0) is 0 Å². The Morgan fingerprint density at radius 1 is 1.18 bits per heavy atom. The number of hydrogen-bond donors (Lipinski definition) is 0. The van der Waals surface area contributed by atoms with Crippen molar-refractivity contribution in [2.24, 2.45) is 5.92 Å². The van der Waals surface area contributed by atoms with Crippen molar-refractivity contribution in [3.8, 4) is 6.07 Å². The van der Waals surface area contributed by atoms with Crippen molar-refractivity contribution < 1.29 is 14.5 Å². The summed E-state index contributed by atoms with van der Waals surface area (Å²) < 4.78 is 0. The fourth-order valence-electron chi connectivity index (χ4n) is 1.86. The fraction of sp³-hybridized carbons (Fsp3) is 0.133. The van der Waals surface area contributed by atoms with Crippen molar-refractivity contribution in [3.05, 3.63) is 61.8 Å². The number of thiophene rings is 1. The van der Waals surface area contributed by atoms with Crippen molar-refractivity contribution in [1.29, 1.82) is 5.26 Å². The predicted octanol–water partition coefficient (Wildman–Crippen LogP) is 3.17. The van der Waals surface area contributed by atoms with Gasteiger partial charge in [0.05, 0.1) is 15.9 Å². The van der Waals surface area contributed by atoms with E-state index in [1.807, 2.05) is 6.92 Å². The summed E-state index contributed by atoms with van der Waals surface area (Å²) in [6.07, 6.45) is 0. The lowest BCUT2D eigenvalue weighted by molar-refractivity contribution is -0.384. The molecule has 0 fully saturated rings. The number of nitrogens with zero attached hydrogens (tertiary/aromatic N) is 2. The maximum absolute atomic E-state index is 12.3. The van der Waals surface area contributed by atoms with Gasteiger partial charge in [-0.1, -0.05) is 0 Å². The number of nitro groups is 1. The van der Waals surface area contributed by atoms with Crippen LogP contribution < -0.4 is 0 Å². The molecular weight excluding hydrogens is 304 g/mol. The summed E-state index contributed by atoms with van der Waals surface area (Å²) in [6.45, 7) is 1.82. The van der Waals surface area contributed by atoms with Crippen LogP contribution in [0, 0.1) is 34.3 Å². The quantitative estimate of drug-likeness (QED) is 0.365. The molecule has 0 radical (unpaired) electrons. The second kappa shape index (κ2) is 6.28. The number of carbonyl (C=O) groups is 2. The highest BCUT2D eigenvalue weighted by Crippen LogP contribution is 2.22. The zero-order valence-corrected chi connectivity index (χ0v) is 12.3. The van der Waals surface area contributed by atoms with E-state index in [1.165, 1.54) is 35.6 Å². The molecule has 1 atom stereocenters. The monoisotopic (exact) mass is 314 g/mol. The lowest BCUT2D eigenvalue weighted by atomic mass is 9.94. The van der Waals surface area contributed by atoms with E-state index in [9.17, 15) is 19.7 Å². The first-order chi connectivity index (χ1) is 10.4. The first-order valence-corrected chi connectivity index (χ1v) is 7.04. The SMILES string of the molecule is Cc1ccc(C(=O)[C@H](C#N)C(=O)c2ccc([N+](=O)[O-])cc2)s1. The third-order valence-corrected chi connectivity index (χ3v) is 4.01. The maximum Gasteiger partial charge on any atom is 0.269 e. The number of non-ortho nitro benzene ring substituents is 1. The van der Waals surface area contributed by atoms with Gasteiger partial charge < -0.3 is 0 Å². The van der Waals surface area contributed by atoms with Crippen LogP contribution in [0.1, 0.15) is 24.9 Å². The van der Waals surface area contributed by atoms with Crippen molar-refractivity contribution in [1.82, 2.24) is 0 Å². The Hall–Kier alpha value is -2.85. The fourth-order valence-corrected chi connectivity index (χ4v) is 2.70. The van der Waals surface area contributed by atoms with Gasteiger partial charge in [-0.15, -0.1) is 11.3 Å². The van der Waals surface area contributed by atoms with Crippen LogP contribution in [0.15, 0.2) is 36.4 Å². The largest absolute Gasteiger partial charge is 0.292 e. The Morgan fingerprint density at radius 2 is 1.82 bits per heavy atom. The molecule has 0 saturated carbocycles. The van der Waals surface area contributed by atoms with Crippen LogP contribution in [0.3, 0.4) is 0 Å². The maximum atomic E-state index is 12.3. The molecule has 0 saturated heterocycles. The minimum atomic E-state index is -1.44. The molecule has 1 heterocycles. The second-order valence-electron chi connectivity index (χ2n) is 4.50. The van der Waals surface area contributed by atoms with E-state index in [4.69, 9.17) is 5.26 Å². The topological polar surface area (TPSA) is 101 Å². The van der Waals surface area contributed by atoms with E-state index in [1.54, 1.807) is 18.2 Å². The number of rotatable bonds is 5. The second-order valence-corrected chi connectivity index (χ2v) is 5.79. The molecule has 0 aliphatic rings. The van der Waals surface area contributed by atoms with E-state index >= 15 is 0 Å². The van der Waals surface area contributed by atoms with E-state index in [0.29, 0.717) is 4.88 Å². The van der Waals surface area contributed by atoms with Crippen molar-refractivity contribution in [2.45, 2.75) is 6.92 Å². The van der Waals surface area contributed by atoms with Gasteiger partial charge in [-0.3, -0.25) is 19.7 Å². The van der Waals surface area contributed by atoms with Crippen LogP contribution >= 0.6 is 11.3 Å². The minimum Gasteiger partial charge on any atom is -0.292 e. The molecular formula is C15H10N2O4S. The number of hydrogen-bond acceptors (Lipinski definition) is 6. The minimum absolute atomic E-state index is 0.0961. The Bertz CT molecular complexity index is 787. The van der Waals surface area contributed by atoms with E-state index in [-0.39, 0.29) is 11.3 Å². The molecule has 0 bridgehead atoms. The molecule has 7 heteroatoms. The molecule has 2 rings (SSSR count). The molecule has 2 aromatic rings. The molecule has 0 aliphatic heterocycles. The van der Waals surface area contributed by atoms with Gasteiger partial charge in [0.25, 0.3) is 5.69 Å². The molecule has 1 aromatic carbocycles. The Morgan fingerprint density at radius 3 is 2.27 bits per heavy atom. The summed E-state index contributed by atoms with van der Waals surface area (Å²) in [4.78, 5) is 35.8. The van der Waals surface area contributed by atoms with Gasteiger partial charge in [-0.25, -0.2) is 0 Å². The molecule has 1 aromatic heterocycles. The zero-order valence-electron chi connectivity index (χ0n) is 11.5. The van der Waals surface area contributed by atoms with Gasteiger partial charge in [-0.05, 0) is 31.2 Å². The molecule has 0 N–H and O–H groups in total. The van der Waals surface area contributed by atoms with E-state index in [0.717, 1.165) is 4.88 Å². The number of benzene rings is 1. The molecule has 0 unspecified atom stereocenters. The van der Waals surface area contributed by atoms with Gasteiger partial charge in [0.2, 0.25) is 0 Å². The summed E-state index contributed by atoms with van der Waals surface area (Å²) in [5, 5.41) is 19.7. The van der Waals surface area contributed by atoms with Gasteiger partial charge in [0, 0.05) is 22.6 Å². The first kappa shape index (κ1) is 15.5. The highest BCUT2D eigenvalue weighted by molar-refractivity contribution is 7.14. The van der Waals surface area contributed by atoms with Crippen molar-refractivity contribution in [3.63, 3.8) is 0 Å². The summed E-state index contributed by atoms with van der Waals surface area (Å²) in [5.74, 6) is -2.66. The number of nitriles is 1. The molecule has 6 nitrogen and oxygen atoms in total. The third-order valence-electron chi connectivity index (χ3n) is 3.00. The average molecular weight is 314 g/mol. The summed E-state index contributed by atoms with van der Waals surface area (Å²) >= 11 is 1.22. The average Bonchev–Trinajstić information content (AvgIpc) is 2.94. The Kier molecular flexibility index (Phi) is 4.44. The van der Waals surface area contributed by atoms with Gasteiger partial charge >= 0.3 is 0 Å². The van der Waals surface area contributed by atoms with Gasteiger partial charge in [0.1, 0.15) is 0 Å². The molecule has 0 amide bonds. The predicted molar refractivity (Wildman–Crippen MR) is 79.9 cm³/mol. The van der Waals surface area contributed by atoms with Crippen LogP contribution in [0.2, 0.25) is 0 Å². The molecule has 0 aliphatic carbocycles. The molecule has 0 spiro atoms. The smallest absolute Gasteiger partial charge is 0.269 e. The Labute approximate surface area is 129 Å². The molecule has 110 valence electrons. The van der Waals surface area contributed by atoms with Crippen LogP contribution in [-0.4, -0.2) is 16.5 Å². The number of carbonyl (C=O) groups excluding carboxylic acids is 2. The lowest BCUT2D eigenvalue weighted by Gasteiger charge is -2.06. The highest BCUT2D eigenvalue weighted by atomic mass is 32.1. The molecule has 22 heavy (non-hydrogen) atoms. The van der Waals surface area contributed by atoms with Crippen molar-refractivity contribution in [2.75, 3.05) is 0 Å². The van der Waals surface area contributed by atoms with Crippen molar-refractivity contribution >= 4 is 28.6 Å². The van der Waals surface area contributed by atoms with Crippen LogP contribution in [0.4, 0.5) is 5.69 Å². The van der Waals surface area contributed by atoms with Gasteiger partial charge in [-0.2, -0.15) is 5.26 Å². The number of nitro benzene ring substituents is 1. The summed E-state index contributed by atoms with van der Waals surface area (Å²) in [7, 11) is 0. The number of ketones is 2. The van der Waals surface area contributed by atoms with Crippen LogP contribution in [0.5, 0.6) is 0 Å². The number of aryl methyl sites for hydroxylation is 1. The Balaban J connectivity index is 2.27. The summed E-state index contributed by atoms with van der Waals surface area (Å²) in [6, 6.07) is 9.87. The normalized spacial score (nSPS) is 11.5. The summed E-state index contributed by atoms with van der Waals surface area (Å²) in [5.41, 5.74) is -0.0657. The third kappa shape index (κ3) is 3.07. The van der Waals surface area contributed by atoms with Crippen LogP contribution in [0.25, 0.3) is 0 Å². The first-order valence-electron chi connectivity index (χ1n) is 6.23. The highest BCUT2D eigenvalue weighted by Gasteiger charge is 2.29. The van der Waals surface area contributed by atoms with E-state index in [2.05, 4.69) is 0 Å². The van der Waals surface area contributed by atoms with E-state index < -0.39 is 22.4 Å². The standard InChI is InChI=1S/C15H10N2O4S/c1-9-2-7-13(22-9)15(19)12(8-16)14(18)10-3-5-11(6-4-10)17(20)21/h2-7,12H,1H3/t12-/m1/s1. The zero-order chi connectivity index (χ0) is 16.3. The van der Waals surface area contributed by atoms with Gasteiger partial charge in [0.15, 0.2) is 17.5 Å².